The van der Waals surface area contributed by atoms with Crippen molar-refractivity contribution in [2.24, 2.45) is 17.3 Å². The normalized spacial score (nSPS) is 18.4. The molecule has 7 nitrogen and oxygen atoms in total. The molecule has 1 aliphatic carbocycles. The number of rotatable bonds is 6. The molecule has 2 fully saturated rings. The van der Waals surface area contributed by atoms with E-state index >= 15 is 0 Å². The fourth-order valence-electron chi connectivity index (χ4n) is 3.38. The van der Waals surface area contributed by atoms with E-state index in [1.54, 1.807) is 12.1 Å². The highest BCUT2D eigenvalue weighted by molar-refractivity contribution is 7.93. The van der Waals surface area contributed by atoms with Gasteiger partial charge in [0.1, 0.15) is 17.0 Å². The summed E-state index contributed by atoms with van der Waals surface area (Å²) < 4.78 is 24.9. The first kappa shape index (κ1) is 20.2. The second-order valence-corrected chi connectivity index (χ2v) is 10.7. The monoisotopic (exact) mass is 437 g/mol. The maximum absolute atomic E-state index is 13.2. The van der Waals surface area contributed by atoms with Gasteiger partial charge < -0.3 is 9.84 Å². The van der Waals surface area contributed by atoms with Crippen LogP contribution in [0.2, 0.25) is 5.02 Å². The van der Waals surface area contributed by atoms with E-state index in [-0.39, 0.29) is 21.8 Å². The van der Waals surface area contributed by atoms with Crippen LogP contribution in [0.5, 0.6) is 5.75 Å². The topological polar surface area (TPSA) is 93.5 Å². The van der Waals surface area contributed by atoms with Crippen LogP contribution in [0.15, 0.2) is 27.5 Å². The second kappa shape index (κ2) is 7.99. The molecule has 1 aromatic heterocycles. The summed E-state index contributed by atoms with van der Waals surface area (Å²) in [4.78, 5) is 25.1. The molecule has 2 aromatic rings. The Balaban J connectivity index is 1.78. The lowest BCUT2D eigenvalue weighted by atomic mass is 10.0. The van der Waals surface area contributed by atoms with E-state index in [0.717, 1.165) is 32.1 Å². The Bertz CT molecular complexity index is 1110. The molecule has 1 aromatic carbocycles. The van der Waals surface area contributed by atoms with Gasteiger partial charge in [-0.2, -0.15) is 4.36 Å². The number of nitrogens with zero attached hydrogens (tertiary/aromatic N) is 2. The van der Waals surface area contributed by atoms with Gasteiger partial charge in [0.15, 0.2) is 0 Å². The Morgan fingerprint density at radius 1 is 1.28 bits per heavy atom. The van der Waals surface area contributed by atoms with Crippen molar-refractivity contribution in [3.8, 4) is 5.75 Å². The largest absolute Gasteiger partial charge is 0.491 e. The number of carbonyl (C=O) groups is 1. The first-order valence-corrected chi connectivity index (χ1v) is 12.1. The van der Waals surface area contributed by atoms with Crippen molar-refractivity contribution in [3.05, 3.63) is 44.8 Å². The van der Waals surface area contributed by atoms with Crippen LogP contribution in [-0.2, 0) is 16.8 Å². The zero-order chi connectivity index (χ0) is 20.6. The summed E-state index contributed by atoms with van der Waals surface area (Å²) in [5.41, 5.74) is -0.0252. The molecule has 2 heterocycles. The smallest absolute Gasteiger partial charge is 0.277 e. The minimum atomic E-state index is -2.45. The predicted molar refractivity (Wildman–Crippen MR) is 113 cm³/mol. The van der Waals surface area contributed by atoms with Crippen LogP contribution in [0.1, 0.15) is 48.0 Å². The van der Waals surface area contributed by atoms with Crippen LogP contribution in [0.25, 0.3) is 0 Å². The zero-order valence-corrected chi connectivity index (χ0v) is 17.9. The van der Waals surface area contributed by atoms with Gasteiger partial charge in [-0.25, -0.2) is 4.21 Å². The predicted octanol–water partition coefficient (Wildman–Crippen LogP) is 3.67. The molecule has 1 saturated carbocycles. The lowest BCUT2D eigenvalue weighted by molar-refractivity contribution is 0.103. The van der Waals surface area contributed by atoms with Crippen LogP contribution in [0.4, 0.5) is 5.69 Å². The van der Waals surface area contributed by atoms with Gasteiger partial charge in [-0.05, 0) is 43.7 Å². The molecule has 0 spiro atoms. The number of aryl methyl sites for hydroxylation is 1. The van der Waals surface area contributed by atoms with E-state index in [4.69, 9.17) is 16.3 Å². The number of aromatic nitrogens is 2. The average Bonchev–Trinajstić information content (AvgIpc) is 3.47. The lowest BCUT2D eigenvalue weighted by Crippen LogP contribution is -2.19. The molecule has 156 valence electrons. The minimum absolute atomic E-state index is 0.00570. The summed E-state index contributed by atoms with van der Waals surface area (Å²) in [5, 5.41) is 2.77. The van der Waals surface area contributed by atoms with E-state index in [9.17, 15) is 13.8 Å². The molecule has 0 radical (unpaired) electrons. The van der Waals surface area contributed by atoms with E-state index in [0.29, 0.717) is 29.8 Å². The van der Waals surface area contributed by atoms with Crippen molar-refractivity contribution in [2.45, 2.75) is 32.1 Å². The van der Waals surface area contributed by atoms with E-state index in [1.165, 1.54) is 17.9 Å². The summed E-state index contributed by atoms with van der Waals surface area (Å²) >= 11 is 6.59. The fourth-order valence-corrected chi connectivity index (χ4v) is 5.92. The van der Waals surface area contributed by atoms with Gasteiger partial charge in [-0.3, -0.25) is 14.3 Å². The van der Waals surface area contributed by atoms with Crippen molar-refractivity contribution in [3.63, 3.8) is 0 Å². The van der Waals surface area contributed by atoms with Crippen molar-refractivity contribution in [1.29, 1.82) is 0 Å². The van der Waals surface area contributed by atoms with Gasteiger partial charge in [-0.15, -0.1) is 0 Å². The van der Waals surface area contributed by atoms with Gasteiger partial charge in [0, 0.05) is 30.3 Å². The third kappa shape index (κ3) is 4.28. The van der Waals surface area contributed by atoms with Crippen LogP contribution in [-0.4, -0.2) is 37.9 Å². The molecule has 0 unspecified atom stereocenters. The zero-order valence-electron chi connectivity index (χ0n) is 16.3. The number of benzene rings is 1. The first-order valence-electron chi connectivity index (χ1n) is 9.85. The quantitative estimate of drug-likeness (QED) is 0.697. The highest BCUT2D eigenvalue weighted by Crippen LogP contribution is 2.41. The molecular formula is C20H24ClN3O4S. The van der Waals surface area contributed by atoms with Crippen LogP contribution >= 0.6 is 11.6 Å². The van der Waals surface area contributed by atoms with Crippen LogP contribution in [0.3, 0.4) is 0 Å². The Morgan fingerprint density at radius 3 is 2.62 bits per heavy atom. The Morgan fingerprint density at radius 2 is 2.00 bits per heavy atom. The number of hydrogen-bond donors (Lipinski definition) is 1. The Labute approximate surface area is 174 Å². The molecule has 1 aliphatic heterocycles. The molecule has 0 atom stereocenters. The number of H-pyrrole nitrogens is 1. The van der Waals surface area contributed by atoms with E-state index < -0.39 is 21.1 Å². The molecule has 2 aliphatic rings. The summed E-state index contributed by atoms with van der Waals surface area (Å²) in [6, 6.07) is 3.19. The second-order valence-electron chi connectivity index (χ2n) is 7.74. The first-order chi connectivity index (χ1) is 13.9. The molecule has 1 N–H and O–H groups in total. The number of carbonyl (C=O) groups excluding carboxylic acids is 1. The highest BCUT2D eigenvalue weighted by atomic mass is 35.5. The van der Waals surface area contributed by atoms with Crippen LogP contribution in [0, 0.1) is 5.92 Å². The van der Waals surface area contributed by atoms with Gasteiger partial charge in [0.05, 0.1) is 21.4 Å². The molecule has 0 amide bonds. The number of ether oxygens (including phenoxy) is 1. The van der Waals surface area contributed by atoms with Crippen molar-refractivity contribution < 1.29 is 13.7 Å². The number of ketones is 1. The third-order valence-corrected chi connectivity index (χ3v) is 8.11. The SMILES string of the molecule is Cn1[nH]cc(C(=O)c2ccc(OCC3CC3)c(N=S3(=O)CCCCC3)c2Cl)c1=O. The molecule has 9 heteroatoms. The Hall–Kier alpha value is -2.06. The summed E-state index contributed by atoms with van der Waals surface area (Å²) in [7, 11) is -0.913. The van der Waals surface area contributed by atoms with Gasteiger partial charge in [0.25, 0.3) is 5.56 Å². The minimum Gasteiger partial charge on any atom is -0.491 e. The van der Waals surface area contributed by atoms with Crippen molar-refractivity contribution in [2.75, 3.05) is 18.1 Å². The molecule has 29 heavy (non-hydrogen) atoms. The van der Waals surface area contributed by atoms with E-state index in [1.807, 2.05) is 0 Å². The summed E-state index contributed by atoms with van der Waals surface area (Å²) in [5.74, 6) is 1.49. The third-order valence-electron chi connectivity index (χ3n) is 5.36. The fraction of sp³-hybridized carbons (Fsp3) is 0.500. The number of aromatic amines is 1. The number of hydrogen-bond acceptors (Lipinski definition) is 5. The Kier molecular flexibility index (Phi) is 5.57. The molecular weight excluding hydrogens is 414 g/mol. The van der Waals surface area contributed by atoms with Gasteiger partial charge in [-0.1, -0.05) is 18.0 Å². The molecule has 1 saturated heterocycles. The van der Waals surface area contributed by atoms with Gasteiger partial charge >= 0.3 is 0 Å². The van der Waals surface area contributed by atoms with Crippen molar-refractivity contribution >= 4 is 32.8 Å². The van der Waals surface area contributed by atoms with Crippen molar-refractivity contribution in [1.82, 2.24) is 9.78 Å². The molecule has 0 bridgehead atoms. The number of nitrogens with one attached hydrogen (secondary N) is 1. The maximum atomic E-state index is 13.2. The van der Waals surface area contributed by atoms with Gasteiger partial charge in [0.2, 0.25) is 5.78 Å². The average molecular weight is 438 g/mol. The highest BCUT2D eigenvalue weighted by Gasteiger charge is 2.26. The van der Waals surface area contributed by atoms with Crippen LogP contribution < -0.4 is 10.3 Å². The maximum Gasteiger partial charge on any atom is 0.277 e. The summed E-state index contributed by atoms with van der Waals surface area (Å²) in [6.07, 6.45) is 6.37. The number of halogens is 1. The molecule has 4 rings (SSSR count). The van der Waals surface area contributed by atoms with E-state index in [2.05, 4.69) is 9.46 Å². The lowest BCUT2D eigenvalue weighted by Gasteiger charge is -2.18. The standard InChI is InChI=1S/C20H24ClN3O4S/c1-24-20(26)15(11-22-24)19(25)14-7-8-16(28-12-13-5-6-13)18(17(14)21)23-29(27)9-3-2-4-10-29/h7-8,11,13,22H,2-6,9-10,12H2,1H3. The summed E-state index contributed by atoms with van der Waals surface area (Å²) in [6.45, 7) is 0.547.